The van der Waals surface area contributed by atoms with Gasteiger partial charge in [0.1, 0.15) is 24.3 Å². The Kier molecular flexibility index (Phi) is 13.8. The predicted octanol–water partition coefficient (Wildman–Crippen LogP) is 4.70. The number of fused-ring (bicyclic) bond motifs is 3. The van der Waals surface area contributed by atoms with Gasteiger partial charge in [-0.1, -0.05) is 79.7 Å². The summed E-state index contributed by atoms with van der Waals surface area (Å²) >= 11 is 0. The zero-order chi connectivity index (χ0) is 45.8. The molecular weight excluding hydrogens is 817 g/mol. The number of likely N-dealkylation sites (tertiary alicyclic amines) is 1. The van der Waals surface area contributed by atoms with E-state index in [0.717, 1.165) is 35.6 Å². The molecule has 3 saturated carbocycles. The zero-order valence-corrected chi connectivity index (χ0v) is 37.0. The maximum atomic E-state index is 15.2. The highest BCUT2D eigenvalue weighted by Crippen LogP contribution is 2.62. The second kappa shape index (κ2) is 19.3. The molecule has 0 radical (unpaired) electrons. The number of benzene rings is 3. The summed E-state index contributed by atoms with van der Waals surface area (Å²) in [4.78, 5) is 83.0. The van der Waals surface area contributed by atoms with Gasteiger partial charge in [0.15, 0.2) is 0 Å². The lowest BCUT2D eigenvalue weighted by molar-refractivity contribution is -0.143. The molecule has 2 bridgehead atoms. The molecule has 340 valence electrons. The number of carbonyl (C=O) groups is 6. The summed E-state index contributed by atoms with van der Waals surface area (Å²) in [5, 5.41) is 29.6. The van der Waals surface area contributed by atoms with Crippen molar-refractivity contribution < 1.29 is 38.6 Å². The first-order chi connectivity index (χ1) is 30.5. The molecular formula is C48H60N8O8. The SMILES string of the molecule is CC(C)(O)c1cnnn1[C@H]1C[C@@H](C(=O)NC(CCCCNC(=O)OCc2ccccc2)C(=O)C(N)=O)N(C(=O)C(C[C@H]2CC[C@H]3C[C@@H]2C3(C)C)NC(=O)c2ccc3ccccc3c2)C1. The minimum absolute atomic E-state index is 0.0200. The number of aliphatic hydroxyl groups is 1. The van der Waals surface area contributed by atoms with Gasteiger partial charge in [0, 0.05) is 25.1 Å². The molecule has 16 heteroatoms. The van der Waals surface area contributed by atoms with Gasteiger partial charge in [0.05, 0.1) is 24.0 Å². The van der Waals surface area contributed by atoms with Crippen molar-refractivity contribution in [2.75, 3.05) is 13.1 Å². The van der Waals surface area contributed by atoms with Gasteiger partial charge < -0.3 is 36.4 Å². The van der Waals surface area contributed by atoms with Crippen molar-refractivity contribution in [2.24, 2.45) is 28.9 Å². The lowest BCUT2D eigenvalue weighted by Gasteiger charge is -2.60. The number of nitrogens with one attached hydrogen (secondary N) is 3. The van der Waals surface area contributed by atoms with Crippen LogP contribution in [-0.4, -0.2) is 91.7 Å². The molecule has 2 unspecified atom stereocenters. The summed E-state index contributed by atoms with van der Waals surface area (Å²) in [5.74, 6) is -2.69. The molecule has 4 aromatic rings. The third-order valence-electron chi connectivity index (χ3n) is 13.8. The van der Waals surface area contributed by atoms with Crippen molar-refractivity contribution in [1.29, 1.82) is 0 Å². The highest BCUT2D eigenvalue weighted by atomic mass is 16.5. The number of Topliss-reactive ketones (excluding diaryl/α,β-unsaturated/α-hetero) is 1. The Labute approximate surface area is 373 Å². The summed E-state index contributed by atoms with van der Waals surface area (Å²) in [6.07, 6.45) is 4.94. The number of alkyl carbamates (subject to hydrolysis) is 1. The third kappa shape index (κ3) is 10.3. The van der Waals surface area contributed by atoms with Crippen LogP contribution in [0.25, 0.3) is 10.8 Å². The number of carbonyl (C=O) groups excluding carboxylic acids is 6. The summed E-state index contributed by atoms with van der Waals surface area (Å²) in [6, 6.07) is 18.2. The molecule has 4 aliphatic rings. The Hall–Kier alpha value is -6.16. The van der Waals surface area contributed by atoms with Crippen LogP contribution in [0.4, 0.5) is 4.79 Å². The summed E-state index contributed by atoms with van der Waals surface area (Å²) in [7, 11) is 0. The lowest BCUT2D eigenvalue weighted by atomic mass is 9.45. The zero-order valence-electron chi connectivity index (χ0n) is 37.0. The molecule has 6 N–H and O–H groups in total. The van der Waals surface area contributed by atoms with E-state index >= 15 is 4.79 Å². The topological polar surface area (TPSA) is 228 Å². The number of unbranched alkanes of at least 4 members (excludes halogenated alkanes) is 1. The number of ether oxygens (including phenoxy) is 1. The Morgan fingerprint density at radius 3 is 2.36 bits per heavy atom. The normalized spacial score (nSPS) is 22.1. The fourth-order valence-corrected chi connectivity index (χ4v) is 10.1. The fraction of sp³-hybridized carbons (Fsp3) is 0.500. The number of aromatic nitrogens is 3. The van der Waals surface area contributed by atoms with Gasteiger partial charge in [-0.05, 0) is 110 Å². The Balaban J connectivity index is 1.11. The van der Waals surface area contributed by atoms with Crippen LogP contribution in [0.3, 0.4) is 0 Å². The van der Waals surface area contributed by atoms with Gasteiger partial charge in [-0.15, -0.1) is 5.10 Å². The van der Waals surface area contributed by atoms with Crippen LogP contribution in [0.2, 0.25) is 0 Å². The highest BCUT2D eigenvalue weighted by Gasteiger charge is 2.55. The Bertz CT molecular complexity index is 2360. The van der Waals surface area contributed by atoms with Crippen molar-refractivity contribution in [3.05, 3.63) is 95.8 Å². The van der Waals surface area contributed by atoms with E-state index in [2.05, 4.69) is 40.1 Å². The molecule has 1 aliphatic heterocycles. The van der Waals surface area contributed by atoms with E-state index in [-0.39, 0.29) is 43.9 Å². The van der Waals surface area contributed by atoms with Crippen LogP contribution in [0.5, 0.6) is 0 Å². The first-order valence-corrected chi connectivity index (χ1v) is 22.3. The Morgan fingerprint density at radius 1 is 0.922 bits per heavy atom. The van der Waals surface area contributed by atoms with Crippen LogP contribution < -0.4 is 21.7 Å². The fourth-order valence-electron chi connectivity index (χ4n) is 10.1. The van der Waals surface area contributed by atoms with E-state index in [1.807, 2.05) is 60.7 Å². The van der Waals surface area contributed by atoms with Gasteiger partial charge in [-0.3, -0.25) is 24.0 Å². The summed E-state index contributed by atoms with van der Waals surface area (Å²) in [5.41, 5.74) is 5.79. The molecule has 1 saturated heterocycles. The van der Waals surface area contributed by atoms with Crippen molar-refractivity contribution in [3.63, 3.8) is 0 Å². The van der Waals surface area contributed by atoms with Gasteiger partial charge in [-0.2, -0.15) is 0 Å². The van der Waals surface area contributed by atoms with Crippen molar-refractivity contribution >= 4 is 46.3 Å². The van der Waals surface area contributed by atoms with Gasteiger partial charge >= 0.3 is 6.09 Å². The van der Waals surface area contributed by atoms with Crippen LogP contribution in [0, 0.1) is 23.2 Å². The van der Waals surface area contributed by atoms with Crippen molar-refractivity contribution in [1.82, 2.24) is 35.8 Å². The first kappa shape index (κ1) is 45.9. The van der Waals surface area contributed by atoms with E-state index < -0.39 is 65.3 Å². The molecule has 7 atom stereocenters. The number of ketones is 1. The summed E-state index contributed by atoms with van der Waals surface area (Å²) in [6.45, 7) is 8.00. The molecule has 1 aromatic heterocycles. The van der Waals surface area contributed by atoms with E-state index in [1.54, 1.807) is 26.0 Å². The van der Waals surface area contributed by atoms with E-state index in [1.165, 1.54) is 15.8 Å². The minimum Gasteiger partial charge on any atom is -0.445 e. The molecule has 2 heterocycles. The predicted molar refractivity (Wildman–Crippen MR) is 237 cm³/mol. The van der Waals surface area contributed by atoms with Crippen LogP contribution >= 0.6 is 0 Å². The number of rotatable bonds is 18. The number of nitrogens with zero attached hydrogens (tertiary/aromatic N) is 4. The quantitative estimate of drug-likeness (QED) is 0.0684. The van der Waals surface area contributed by atoms with Crippen molar-refractivity contribution in [3.8, 4) is 0 Å². The van der Waals surface area contributed by atoms with Crippen molar-refractivity contribution in [2.45, 2.75) is 115 Å². The third-order valence-corrected chi connectivity index (χ3v) is 13.8. The number of nitrogens with two attached hydrogens (primary N) is 1. The lowest BCUT2D eigenvalue weighted by Crippen LogP contribution is -2.58. The molecule has 0 spiro atoms. The van der Waals surface area contributed by atoms with Gasteiger partial charge in [0.25, 0.3) is 11.8 Å². The highest BCUT2D eigenvalue weighted by molar-refractivity contribution is 6.37. The summed E-state index contributed by atoms with van der Waals surface area (Å²) < 4.78 is 6.77. The second-order valence-electron chi connectivity index (χ2n) is 18.8. The van der Waals surface area contributed by atoms with Gasteiger partial charge in [0.2, 0.25) is 17.6 Å². The maximum absolute atomic E-state index is 15.2. The van der Waals surface area contributed by atoms with E-state index in [9.17, 15) is 29.1 Å². The number of hydrogen-bond acceptors (Lipinski definition) is 10. The van der Waals surface area contributed by atoms with Gasteiger partial charge in [-0.25, -0.2) is 9.48 Å². The standard InChI is InChI=1S/C48H60N8O8/c1-47(2)34-20-19-32(36(47)24-34)23-38(53-43(59)33-18-17-30-14-8-9-15-31(30)22-33)45(61)55-27-35(56-40(26-51-54-56)48(3,4)63)25-39(55)44(60)52-37(41(57)42(49)58)16-10-11-21-50-46(62)64-28-29-12-6-5-7-13-29/h5-9,12-15,17-18,22,26,32,34-39,63H,10-11,16,19-21,23-25,27-28H2,1-4H3,(H2,49,58)(H,50,62)(H,52,60)(H,53,59)/t32-,34+,35+,36+,37?,38?,39+/m1/s1. The molecule has 3 aromatic carbocycles. The molecule has 64 heavy (non-hydrogen) atoms. The number of hydrogen-bond donors (Lipinski definition) is 5. The first-order valence-electron chi connectivity index (χ1n) is 22.3. The number of primary amides is 1. The molecule has 4 fully saturated rings. The smallest absolute Gasteiger partial charge is 0.407 e. The second-order valence-corrected chi connectivity index (χ2v) is 18.8. The molecule has 16 nitrogen and oxygen atoms in total. The molecule has 3 aliphatic carbocycles. The van der Waals surface area contributed by atoms with Crippen LogP contribution in [-0.2, 0) is 36.1 Å². The van der Waals surface area contributed by atoms with E-state index in [0.29, 0.717) is 42.4 Å². The largest absolute Gasteiger partial charge is 0.445 e. The maximum Gasteiger partial charge on any atom is 0.407 e. The average Bonchev–Trinajstić information content (AvgIpc) is 3.96. The molecule has 8 rings (SSSR count). The number of amides is 5. The monoisotopic (exact) mass is 876 g/mol. The minimum atomic E-state index is -1.37. The Morgan fingerprint density at radius 2 is 1.66 bits per heavy atom. The van der Waals surface area contributed by atoms with Crippen LogP contribution in [0.1, 0.15) is 107 Å². The molecule has 5 amide bonds. The average molecular weight is 877 g/mol. The van der Waals surface area contributed by atoms with E-state index in [4.69, 9.17) is 10.5 Å². The van der Waals surface area contributed by atoms with Crippen LogP contribution in [0.15, 0.2) is 79.0 Å².